The maximum atomic E-state index is 4.45. The molecule has 4 nitrogen and oxygen atoms in total. The molecule has 0 fully saturated rings. The molecule has 22 heavy (non-hydrogen) atoms. The minimum absolute atomic E-state index is 0.227. The minimum Gasteiger partial charge on any atom is -0.288 e. The van der Waals surface area contributed by atoms with E-state index in [4.69, 9.17) is 0 Å². The van der Waals surface area contributed by atoms with E-state index >= 15 is 0 Å². The fourth-order valence-electron chi connectivity index (χ4n) is 2.22. The number of nitrogens with zero attached hydrogens (tertiary/aromatic N) is 4. The predicted octanol–water partition coefficient (Wildman–Crippen LogP) is 3.76. The first-order valence-corrected chi connectivity index (χ1v) is 7.35. The van der Waals surface area contributed by atoms with Gasteiger partial charge in [0.05, 0.1) is 11.9 Å². The van der Waals surface area contributed by atoms with Crippen LogP contribution in [-0.4, -0.2) is 27.3 Å². The van der Waals surface area contributed by atoms with E-state index in [9.17, 15) is 0 Å². The van der Waals surface area contributed by atoms with Crippen LogP contribution in [0.4, 0.5) is 0 Å². The van der Waals surface area contributed by atoms with Crippen molar-refractivity contribution in [2.75, 3.05) is 0 Å². The molecule has 0 aliphatic carbocycles. The van der Waals surface area contributed by atoms with Crippen LogP contribution in [-0.2, 0) is 0 Å². The first kappa shape index (κ1) is 14.2. The van der Waals surface area contributed by atoms with Crippen molar-refractivity contribution in [2.45, 2.75) is 19.9 Å². The molecule has 1 aromatic heterocycles. The number of aromatic nitrogens is 3. The van der Waals surface area contributed by atoms with Crippen LogP contribution < -0.4 is 0 Å². The van der Waals surface area contributed by atoms with Crippen molar-refractivity contribution in [1.29, 1.82) is 0 Å². The normalized spacial score (nSPS) is 11.4. The second kappa shape index (κ2) is 6.35. The quantitative estimate of drug-likeness (QED) is 0.687. The van der Waals surface area contributed by atoms with E-state index in [0.717, 1.165) is 22.6 Å². The van der Waals surface area contributed by atoms with Gasteiger partial charge >= 0.3 is 0 Å². The summed E-state index contributed by atoms with van der Waals surface area (Å²) in [4.78, 5) is 4.45. The Hall–Kier alpha value is -2.75. The van der Waals surface area contributed by atoms with Crippen molar-refractivity contribution in [3.63, 3.8) is 0 Å². The van der Waals surface area contributed by atoms with Gasteiger partial charge in [-0.15, -0.1) is 5.10 Å². The molecule has 0 saturated carbocycles. The van der Waals surface area contributed by atoms with Crippen LogP contribution >= 0.6 is 0 Å². The Morgan fingerprint density at radius 1 is 0.955 bits per heavy atom. The number of benzene rings is 2. The van der Waals surface area contributed by atoms with Gasteiger partial charge in [-0.1, -0.05) is 53.7 Å². The highest BCUT2D eigenvalue weighted by atomic mass is 15.4. The van der Waals surface area contributed by atoms with Crippen LogP contribution in [0.2, 0.25) is 0 Å². The zero-order chi connectivity index (χ0) is 15.4. The lowest BCUT2D eigenvalue weighted by Crippen LogP contribution is -2.00. The topological polar surface area (TPSA) is 43.1 Å². The summed E-state index contributed by atoms with van der Waals surface area (Å²) in [6, 6.07) is 20.4. The van der Waals surface area contributed by atoms with Gasteiger partial charge in [0.2, 0.25) is 0 Å². The van der Waals surface area contributed by atoms with E-state index in [1.165, 1.54) is 0 Å². The van der Waals surface area contributed by atoms with Gasteiger partial charge in [-0.25, -0.2) is 4.68 Å². The van der Waals surface area contributed by atoms with E-state index < -0.39 is 0 Å². The number of para-hydroxylation sites is 1. The monoisotopic (exact) mass is 290 g/mol. The third-order valence-corrected chi connectivity index (χ3v) is 3.24. The zero-order valence-electron chi connectivity index (χ0n) is 12.7. The van der Waals surface area contributed by atoms with Gasteiger partial charge in [0.25, 0.3) is 0 Å². The summed E-state index contributed by atoms with van der Waals surface area (Å²) in [6.07, 6.45) is 1.80. The molecule has 0 radical (unpaired) electrons. The Kier molecular flexibility index (Phi) is 4.10. The van der Waals surface area contributed by atoms with Crippen LogP contribution in [0.5, 0.6) is 0 Å². The Balaban J connectivity index is 2.16. The summed E-state index contributed by atoms with van der Waals surface area (Å²) in [5.41, 5.74) is 3.79. The average Bonchev–Trinajstić information content (AvgIpc) is 2.98. The summed E-state index contributed by atoms with van der Waals surface area (Å²) >= 11 is 0. The Morgan fingerprint density at radius 3 is 2.23 bits per heavy atom. The van der Waals surface area contributed by atoms with Crippen molar-refractivity contribution in [1.82, 2.24) is 15.0 Å². The summed E-state index contributed by atoms with van der Waals surface area (Å²) in [6.45, 7) is 4.08. The molecule has 0 bridgehead atoms. The molecule has 0 amide bonds. The lowest BCUT2D eigenvalue weighted by atomic mass is 10.1. The second-order valence-electron chi connectivity index (χ2n) is 5.31. The molecule has 0 spiro atoms. The molecule has 0 aliphatic rings. The molecule has 0 atom stereocenters. The maximum absolute atomic E-state index is 4.45. The zero-order valence-corrected chi connectivity index (χ0v) is 12.7. The van der Waals surface area contributed by atoms with Gasteiger partial charge in [-0.05, 0) is 26.0 Å². The highest BCUT2D eigenvalue weighted by molar-refractivity contribution is 5.87. The standard InChI is InChI=1S/C18H18N4/c1-14(2)19-13-17-18(15-9-5-3-6-10-15)22(21-20-17)16-11-7-4-8-12-16/h3-14H,1-2H3. The molecule has 1 heterocycles. The van der Waals surface area contributed by atoms with Crippen molar-refractivity contribution >= 4 is 6.21 Å². The third kappa shape index (κ3) is 2.96. The number of hydrogen-bond donors (Lipinski definition) is 0. The van der Waals surface area contributed by atoms with Gasteiger partial charge in [-0.2, -0.15) is 0 Å². The first-order chi connectivity index (χ1) is 10.8. The van der Waals surface area contributed by atoms with E-state index in [2.05, 4.69) is 27.4 Å². The summed E-state index contributed by atoms with van der Waals surface area (Å²) < 4.78 is 1.86. The van der Waals surface area contributed by atoms with Crippen molar-refractivity contribution in [3.05, 3.63) is 66.4 Å². The van der Waals surface area contributed by atoms with Crippen molar-refractivity contribution in [3.8, 4) is 16.9 Å². The average molecular weight is 290 g/mol. The summed E-state index contributed by atoms with van der Waals surface area (Å²) in [5.74, 6) is 0. The van der Waals surface area contributed by atoms with Crippen LogP contribution in [0.15, 0.2) is 65.7 Å². The highest BCUT2D eigenvalue weighted by Gasteiger charge is 2.14. The number of rotatable bonds is 4. The van der Waals surface area contributed by atoms with Crippen LogP contribution in [0.1, 0.15) is 19.5 Å². The molecule has 2 aromatic carbocycles. The van der Waals surface area contributed by atoms with Crippen LogP contribution in [0.25, 0.3) is 16.9 Å². The third-order valence-electron chi connectivity index (χ3n) is 3.24. The highest BCUT2D eigenvalue weighted by Crippen LogP contribution is 2.24. The van der Waals surface area contributed by atoms with E-state index in [1.807, 2.05) is 67.1 Å². The second-order valence-corrected chi connectivity index (χ2v) is 5.31. The molecule has 0 unspecified atom stereocenters. The smallest absolute Gasteiger partial charge is 0.132 e. The SMILES string of the molecule is CC(C)N=Cc1nnn(-c2ccccc2)c1-c1ccccc1. The minimum atomic E-state index is 0.227. The molecular weight excluding hydrogens is 272 g/mol. The number of hydrogen-bond acceptors (Lipinski definition) is 3. The van der Waals surface area contributed by atoms with Crippen LogP contribution in [0.3, 0.4) is 0 Å². The fourth-order valence-corrected chi connectivity index (χ4v) is 2.22. The van der Waals surface area contributed by atoms with Crippen molar-refractivity contribution in [2.24, 2.45) is 4.99 Å². The molecular formula is C18H18N4. The van der Waals surface area contributed by atoms with E-state index in [1.54, 1.807) is 6.21 Å². The molecule has 3 rings (SSSR count). The first-order valence-electron chi connectivity index (χ1n) is 7.35. The molecule has 110 valence electrons. The Morgan fingerprint density at radius 2 is 1.59 bits per heavy atom. The molecule has 0 N–H and O–H groups in total. The largest absolute Gasteiger partial charge is 0.288 e. The van der Waals surface area contributed by atoms with Gasteiger partial charge in [-0.3, -0.25) is 4.99 Å². The van der Waals surface area contributed by atoms with Gasteiger partial charge < -0.3 is 0 Å². The Labute approximate surface area is 130 Å². The lowest BCUT2D eigenvalue weighted by Gasteiger charge is -2.07. The van der Waals surface area contributed by atoms with Crippen LogP contribution in [0, 0.1) is 0 Å². The summed E-state index contributed by atoms with van der Waals surface area (Å²) in [7, 11) is 0. The van der Waals surface area contributed by atoms with Gasteiger partial charge in [0, 0.05) is 11.6 Å². The van der Waals surface area contributed by atoms with Gasteiger partial charge in [0.1, 0.15) is 11.4 Å². The maximum Gasteiger partial charge on any atom is 0.132 e. The van der Waals surface area contributed by atoms with E-state index in [0.29, 0.717) is 0 Å². The van der Waals surface area contributed by atoms with E-state index in [-0.39, 0.29) is 6.04 Å². The lowest BCUT2D eigenvalue weighted by molar-refractivity contribution is 0.806. The fraction of sp³-hybridized carbons (Fsp3) is 0.167. The molecule has 3 aromatic rings. The van der Waals surface area contributed by atoms with Crippen molar-refractivity contribution < 1.29 is 0 Å². The molecule has 0 saturated heterocycles. The number of aliphatic imine (C=N–C) groups is 1. The molecule has 0 aliphatic heterocycles. The van der Waals surface area contributed by atoms with Gasteiger partial charge in [0.15, 0.2) is 0 Å². The predicted molar refractivity (Wildman–Crippen MR) is 89.5 cm³/mol. The Bertz CT molecular complexity index is 758. The molecule has 4 heteroatoms. The summed E-state index contributed by atoms with van der Waals surface area (Å²) in [5, 5.41) is 8.62.